The van der Waals surface area contributed by atoms with E-state index in [-0.39, 0.29) is 40.5 Å². The van der Waals surface area contributed by atoms with E-state index in [9.17, 15) is 28.2 Å². The molecule has 36 heavy (non-hydrogen) atoms. The number of carboxylic acids is 2. The lowest BCUT2D eigenvalue weighted by Gasteiger charge is -2.38. The van der Waals surface area contributed by atoms with Gasteiger partial charge < -0.3 is 15.2 Å². The highest BCUT2D eigenvalue weighted by Gasteiger charge is 2.49. The molecule has 0 radical (unpaired) electrons. The van der Waals surface area contributed by atoms with Crippen LogP contribution in [0.1, 0.15) is 46.1 Å². The Labute approximate surface area is 210 Å². The number of para-hydroxylation sites is 1. The predicted molar refractivity (Wildman–Crippen MR) is 139 cm³/mol. The topological polar surface area (TPSA) is 125 Å². The summed E-state index contributed by atoms with van der Waals surface area (Å²) in [5.74, 6) is -3.26. The Hall–Kier alpha value is -3.39. The molecule has 0 saturated carbocycles. The Morgan fingerprint density at radius 2 is 1.83 bits per heavy atom. The van der Waals surface area contributed by atoms with Crippen LogP contribution in [-0.2, 0) is 19.4 Å². The van der Waals surface area contributed by atoms with Crippen molar-refractivity contribution in [2.75, 3.05) is 0 Å². The first-order chi connectivity index (χ1) is 16.9. The highest BCUT2D eigenvalue weighted by molar-refractivity contribution is 7.93. The van der Waals surface area contributed by atoms with Crippen molar-refractivity contribution in [3.05, 3.63) is 71.9 Å². The lowest BCUT2D eigenvalue weighted by molar-refractivity contribution is -0.149. The van der Waals surface area contributed by atoms with Gasteiger partial charge in [0.15, 0.2) is 0 Å². The maximum atomic E-state index is 14.1. The molecule has 2 aromatic rings. The zero-order valence-electron chi connectivity index (χ0n) is 20.8. The molecule has 8 heteroatoms. The van der Waals surface area contributed by atoms with E-state index in [0.717, 1.165) is 0 Å². The number of aromatic nitrogens is 1. The van der Waals surface area contributed by atoms with E-state index in [1.807, 2.05) is 13.8 Å². The number of sulfone groups is 1. The molecule has 0 amide bonds. The van der Waals surface area contributed by atoms with Crippen molar-refractivity contribution in [1.29, 1.82) is 0 Å². The van der Waals surface area contributed by atoms with Crippen LogP contribution in [0.25, 0.3) is 16.5 Å². The number of allylic oxidation sites excluding steroid dienone is 5. The number of aromatic amines is 1. The monoisotopic (exact) mass is 509 g/mol. The summed E-state index contributed by atoms with van der Waals surface area (Å²) in [6.07, 6.45) is 10.5. The highest BCUT2D eigenvalue weighted by Crippen LogP contribution is 2.49. The second-order valence-corrected chi connectivity index (χ2v) is 12.7. The van der Waals surface area contributed by atoms with Crippen molar-refractivity contribution >= 4 is 38.3 Å². The molecule has 3 unspecified atom stereocenters. The summed E-state index contributed by atoms with van der Waals surface area (Å²) in [6.45, 7) is 7.02. The Morgan fingerprint density at radius 3 is 2.42 bits per heavy atom. The Bertz CT molecular complexity index is 1470. The van der Waals surface area contributed by atoms with Crippen molar-refractivity contribution in [3.8, 4) is 0 Å². The van der Waals surface area contributed by atoms with Gasteiger partial charge in [-0.25, -0.2) is 13.2 Å². The number of nitrogens with one attached hydrogen (secondary N) is 1. The van der Waals surface area contributed by atoms with Gasteiger partial charge in [0.05, 0.1) is 10.2 Å². The summed E-state index contributed by atoms with van der Waals surface area (Å²) < 4.78 is 26.9. The predicted octanol–water partition coefficient (Wildman–Crippen LogP) is 5.38. The molecule has 0 bridgehead atoms. The van der Waals surface area contributed by atoms with Crippen LogP contribution >= 0.6 is 0 Å². The number of carbonyl (C=O) groups is 2. The number of fused-ring (bicyclic) bond motifs is 1. The molecule has 1 aromatic heterocycles. The van der Waals surface area contributed by atoms with Gasteiger partial charge in [-0.3, -0.25) is 4.79 Å². The summed E-state index contributed by atoms with van der Waals surface area (Å²) in [4.78, 5) is 28.2. The van der Waals surface area contributed by atoms with E-state index in [1.54, 1.807) is 68.5 Å². The van der Waals surface area contributed by atoms with Crippen molar-refractivity contribution < 1.29 is 28.2 Å². The average molecular weight is 510 g/mol. The van der Waals surface area contributed by atoms with Crippen LogP contribution in [0.5, 0.6) is 0 Å². The molecule has 4 rings (SSSR count). The molecular weight excluding hydrogens is 478 g/mol. The molecule has 0 fully saturated rings. The molecule has 2 aliphatic carbocycles. The Kier molecular flexibility index (Phi) is 6.37. The highest BCUT2D eigenvalue weighted by atomic mass is 32.2. The SMILES string of the molecule is CC(C)CC1(C(=O)O)C=CC(c2c(S(=O)(=O)C3(C)C=CC=CC3)[nH]c3ccccc23)=C(C(=O)O)C1C. The third kappa shape index (κ3) is 3.84. The molecule has 1 heterocycles. The third-order valence-corrected chi connectivity index (χ3v) is 9.83. The van der Waals surface area contributed by atoms with Gasteiger partial charge in [-0.05, 0) is 37.3 Å². The zero-order valence-corrected chi connectivity index (χ0v) is 21.6. The van der Waals surface area contributed by atoms with Crippen LogP contribution in [0.2, 0.25) is 0 Å². The Morgan fingerprint density at radius 1 is 1.14 bits per heavy atom. The summed E-state index contributed by atoms with van der Waals surface area (Å²) in [5.41, 5.74) is -0.490. The second-order valence-electron chi connectivity index (χ2n) is 10.3. The maximum Gasteiger partial charge on any atom is 0.332 e. The number of rotatable bonds is 7. The van der Waals surface area contributed by atoms with Gasteiger partial charge in [0.1, 0.15) is 5.03 Å². The number of carboxylic acid groups (broad SMARTS) is 2. The lowest BCUT2D eigenvalue weighted by Crippen LogP contribution is -2.41. The van der Waals surface area contributed by atoms with Crippen molar-refractivity contribution in [3.63, 3.8) is 0 Å². The van der Waals surface area contributed by atoms with Crippen LogP contribution < -0.4 is 0 Å². The van der Waals surface area contributed by atoms with Crippen LogP contribution in [-0.4, -0.2) is 40.3 Å². The number of H-pyrrole nitrogens is 1. The van der Waals surface area contributed by atoms with Crippen LogP contribution in [0, 0.1) is 17.3 Å². The fourth-order valence-corrected chi connectivity index (χ4v) is 7.24. The van der Waals surface area contributed by atoms with E-state index in [1.165, 1.54) is 6.08 Å². The summed E-state index contributed by atoms with van der Waals surface area (Å²) in [5, 5.41) is 21.0. The molecule has 0 saturated heterocycles. The molecule has 190 valence electrons. The van der Waals surface area contributed by atoms with Gasteiger partial charge in [0, 0.05) is 28.0 Å². The number of aliphatic carboxylic acids is 2. The maximum absolute atomic E-state index is 14.1. The van der Waals surface area contributed by atoms with Gasteiger partial charge in [0.2, 0.25) is 9.84 Å². The minimum Gasteiger partial charge on any atom is -0.481 e. The zero-order chi connectivity index (χ0) is 26.5. The van der Waals surface area contributed by atoms with E-state index >= 15 is 0 Å². The summed E-state index contributed by atoms with van der Waals surface area (Å²) in [7, 11) is -4.01. The fraction of sp³-hybridized carbons (Fsp3) is 0.357. The largest absolute Gasteiger partial charge is 0.481 e. The molecule has 1 aromatic carbocycles. The quantitative estimate of drug-likeness (QED) is 0.460. The molecule has 7 nitrogen and oxygen atoms in total. The minimum absolute atomic E-state index is 0.0000783. The summed E-state index contributed by atoms with van der Waals surface area (Å²) in [6, 6.07) is 7.03. The van der Waals surface area contributed by atoms with E-state index in [0.29, 0.717) is 10.9 Å². The first-order valence-corrected chi connectivity index (χ1v) is 13.4. The fourth-order valence-electron chi connectivity index (χ4n) is 5.47. The number of benzene rings is 1. The van der Waals surface area contributed by atoms with Gasteiger partial charge in [-0.15, -0.1) is 0 Å². The molecule has 2 aliphatic rings. The first kappa shape index (κ1) is 25.7. The molecule has 0 spiro atoms. The standard InChI is InChI=1S/C28H31NO6S/c1-17(2)16-28(26(32)33)15-12-20(22(18(28)3)25(30)31)23-19-10-6-7-11-21(19)29-24(23)36(34,35)27(4)13-8-5-9-14-27/h5-13,15,17-18,29H,14,16H2,1-4H3,(H,30,31)(H,32,33). The first-order valence-electron chi connectivity index (χ1n) is 12.0. The minimum atomic E-state index is -4.01. The van der Waals surface area contributed by atoms with E-state index in [2.05, 4.69) is 4.98 Å². The van der Waals surface area contributed by atoms with Crippen LogP contribution in [0.3, 0.4) is 0 Å². The summed E-state index contributed by atoms with van der Waals surface area (Å²) >= 11 is 0. The normalized spacial score (nSPS) is 26.2. The van der Waals surface area contributed by atoms with Crippen molar-refractivity contribution in [2.24, 2.45) is 17.3 Å². The van der Waals surface area contributed by atoms with E-state index < -0.39 is 37.9 Å². The van der Waals surface area contributed by atoms with Crippen LogP contribution in [0.4, 0.5) is 0 Å². The van der Waals surface area contributed by atoms with Crippen molar-refractivity contribution in [2.45, 2.75) is 50.3 Å². The van der Waals surface area contributed by atoms with Gasteiger partial charge in [-0.1, -0.05) is 75.4 Å². The van der Waals surface area contributed by atoms with Gasteiger partial charge >= 0.3 is 11.9 Å². The third-order valence-electron chi connectivity index (χ3n) is 7.46. The van der Waals surface area contributed by atoms with Crippen molar-refractivity contribution in [1.82, 2.24) is 4.98 Å². The Balaban J connectivity index is 2.04. The van der Waals surface area contributed by atoms with Gasteiger partial charge in [0.25, 0.3) is 0 Å². The average Bonchev–Trinajstić information content (AvgIpc) is 3.20. The number of hydrogen-bond acceptors (Lipinski definition) is 4. The molecule has 0 aliphatic heterocycles. The molecule has 3 N–H and O–H groups in total. The van der Waals surface area contributed by atoms with Gasteiger partial charge in [-0.2, -0.15) is 0 Å². The second kappa shape index (κ2) is 8.92. The van der Waals surface area contributed by atoms with E-state index in [4.69, 9.17) is 0 Å². The molecular formula is C28H31NO6S. The number of hydrogen-bond donors (Lipinski definition) is 3. The van der Waals surface area contributed by atoms with Crippen LogP contribution in [0.15, 0.2) is 71.3 Å². The molecule has 3 atom stereocenters. The lowest BCUT2D eigenvalue weighted by atomic mass is 9.64. The smallest absolute Gasteiger partial charge is 0.332 e.